The Hall–Kier alpha value is -1.88. The summed E-state index contributed by atoms with van der Waals surface area (Å²) < 4.78 is 2.14. The van der Waals surface area contributed by atoms with Crippen LogP contribution in [0.3, 0.4) is 0 Å². The molecule has 0 unspecified atom stereocenters. The van der Waals surface area contributed by atoms with E-state index in [1.165, 1.54) is 6.42 Å². The van der Waals surface area contributed by atoms with Crippen molar-refractivity contribution in [3.05, 3.63) is 46.5 Å². The van der Waals surface area contributed by atoms with Gasteiger partial charge in [0.15, 0.2) is 5.82 Å². The maximum absolute atomic E-state index is 12.4. The summed E-state index contributed by atoms with van der Waals surface area (Å²) in [5.74, 6) is 1.65. The van der Waals surface area contributed by atoms with Gasteiger partial charge in [-0.3, -0.25) is 4.79 Å². The molecule has 0 radical (unpaired) electrons. The van der Waals surface area contributed by atoms with Gasteiger partial charge in [0.1, 0.15) is 5.82 Å². The van der Waals surface area contributed by atoms with Gasteiger partial charge >= 0.3 is 0 Å². The van der Waals surface area contributed by atoms with Gasteiger partial charge in [-0.25, -0.2) is 0 Å². The summed E-state index contributed by atoms with van der Waals surface area (Å²) in [5, 5.41) is 12.0. The lowest BCUT2D eigenvalue weighted by Gasteiger charge is -2.15. The minimum absolute atomic E-state index is 0.191. The van der Waals surface area contributed by atoms with Crippen molar-refractivity contribution in [1.29, 1.82) is 0 Å². The number of rotatable bonds is 3. The number of halogens is 1. The van der Waals surface area contributed by atoms with E-state index < -0.39 is 0 Å². The van der Waals surface area contributed by atoms with E-state index in [1.807, 2.05) is 6.92 Å². The fourth-order valence-corrected chi connectivity index (χ4v) is 3.03. The number of nitrogens with one attached hydrogen (secondary N) is 1. The minimum atomic E-state index is -0.205. The first-order chi connectivity index (χ1) is 10.7. The lowest BCUT2D eigenvalue weighted by Crippen LogP contribution is -2.29. The number of aryl methyl sites for hydroxylation is 1. The van der Waals surface area contributed by atoms with Crippen molar-refractivity contribution >= 4 is 17.5 Å². The SMILES string of the molecule is C[C@@H](NC(=O)c1ccccc1Cl)c1nnc2n1CCCCC2. The highest BCUT2D eigenvalue weighted by Crippen LogP contribution is 2.20. The van der Waals surface area contributed by atoms with Gasteiger partial charge in [-0.05, 0) is 31.9 Å². The zero-order chi connectivity index (χ0) is 15.5. The second kappa shape index (κ2) is 6.48. The van der Waals surface area contributed by atoms with E-state index in [4.69, 9.17) is 11.6 Å². The Kier molecular flexibility index (Phi) is 4.43. The van der Waals surface area contributed by atoms with Crippen LogP contribution >= 0.6 is 11.6 Å². The lowest BCUT2D eigenvalue weighted by atomic mass is 10.2. The Balaban J connectivity index is 1.78. The molecule has 5 nitrogen and oxygen atoms in total. The molecule has 0 fully saturated rings. The van der Waals surface area contributed by atoms with Crippen LogP contribution in [0.15, 0.2) is 24.3 Å². The normalized spacial score (nSPS) is 15.7. The van der Waals surface area contributed by atoms with Gasteiger partial charge in [0.05, 0.1) is 16.6 Å². The Bertz CT molecular complexity index is 683. The van der Waals surface area contributed by atoms with Gasteiger partial charge in [0.25, 0.3) is 5.91 Å². The van der Waals surface area contributed by atoms with Crippen molar-refractivity contribution < 1.29 is 4.79 Å². The maximum atomic E-state index is 12.4. The molecule has 1 N–H and O–H groups in total. The summed E-state index contributed by atoms with van der Waals surface area (Å²) in [7, 11) is 0. The van der Waals surface area contributed by atoms with Crippen LogP contribution in [0.5, 0.6) is 0 Å². The van der Waals surface area contributed by atoms with Crippen LogP contribution < -0.4 is 5.32 Å². The largest absolute Gasteiger partial charge is 0.342 e. The molecule has 1 aromatic heterocycles. The zero-order valence-corrected chi connectivity index (χ0v) is 13.3. The standard InChI is InChI=1S/C16H19ClN4O/c1-11(18-16(22)12-7-4-5-8-13(12)17)15-20-19-14-9-3-2-6-10-21(14)15/h4-5,7-8,11H,2-3,6,9-10H2,1H3,(H,18,22)/t11-/m1/s1. The Morgan fingerprint density at radius 2 is 2.09 bits per heavy atom. The highest BCUT2D eigenvalue weighted by molar-refractivity contribution is 6.33. The molecule has 0 aliphatic carbocycles. The third-order valence-electron chi connectivity index (χ3n) is 3.99. The van der Waals surface area contributed by atoms with Gasteiger partial charge < -0.3 is 9.88 Å². The van der Waals surface area contributed by atoms with E-state index >= 15 is 0 Å². The number of hydrogen-bond acceptors (Lipinski definition) is 3. The lowest BCUT2D eigenvalue weighted by molar-refractivity contribution is 0.0937. The highest BCUT2D eigenvalue weighted by atomic mass is 35.5. The van der Waals surface area contributed by atoms with E-state index in [-0.39, 0.29) is 11.9 Å². The average Bonchev–Trinajstić information content (AvgIpc) is 2.77. The van der Waals surface area contributed by atoms with Gasteiger partial charge in [0.2, 0.25) is 0 Å². The van der Waals surface area contributed by atoms with Crippen molar-refractivity contribution in [3.8, 4) is 0 Å². The molecule has 0 spiro atoms. The van der Waals surface area contributed by atoms with Crippen molar-refractivity contribution in [3.63, 3.8) is 0 Å². The minimum Gasteiger partial charge on any atom is -0.342 e. The van der Waals surface area contributed by atoms with E-state index in [2.05, 4.69) is 20.1 Å². The van der Waals surface area contributed by atoms with Crippen LogP contribution in [0, 0.1) is 0 Å². The summed E-state index contributed by atoms with van der Waals surface area (Å²) in [4.78, 5) is 12.4. The molecule has 3 rings (SSSR count). The predicted molar refractivity (Wildman–Crippen MR) is 84.9 cm³/mol. The molecular formula is C16H19ClN4O. The van der Waals surface area contributed by atoms with E-state index in [9.17, 15) is 4.79 Å². The smallest absolute Gasteiger partial charge is 0.253 e. The first-order valence-electron chi connectivity index (χ1n) is 7.64. The number of hydrogen-bond donors (Lipinski definition) is 1. The number of carbonyl (C=O) groups excluding carboxylic acids is 1. The van der Waals surface area contributed by atoms with Crippen molar-refractivity contribution in [2.45, 2.75) is 45.2 Å². The number of aromatic nitrogens is 3. The van der Waals surface area contributed by atoms with Crippen molar-refractivity contribution in [1.82, 2.24) is 20.1 Å². The predicted octanol–water partition coefficient (Wildman–Crippen LogP) is 3.15. The van der Waals surface area contributed by atoms with Gasteiger partial charge in [-0.2, -0.15) is 0 Å². The quantitative estimate of drug-likeness (QED) is 0.945. The number of fused-ring (bicyclic) bond motifs is 1. The molecule has 0 saturated heterocycles. The molecule has 2 heterocycles. The van der Waals surface area contributed by atoms with E-state index in [0.29, 0.717) is 10.6 Å². The van der Waals surface area contributed by atoms with Crippen LogP contribution in [0.25, 0.3) is 0 Å². The summed E-state index contributed by atoms with van der Waals surface area (Å²) in [6.45, 7) is 2.85. The first kappa shape index (κ1) is 15.0. The maximum Gasteiger partial charge on any atom is 0.253 e. The zero-order valence-electron chi connectivity index (χ0n) is 12.6. The molecule has 0 saturated carbocycles. The molecule has 0 bridgehead atoms. The summed E-state index contributed by atoms with van der Waals surface area (Å²) in [6.07, 6.45) is 4.45. The molecule has 1 aromatic carbocycles. The van der Waals surface area contributed by atoms with Crippen LogP contribution in [-0.4, -0.2) is 20.7 Å². The second-order valence-electron chi connectivity index (χ2n) is 5.61. The van der Waals surface area contributed by atoms with Crippen LogP contribution in [-0.2, 0) is 13.0 Å². The molecule has 1 atom stereocenters. The van der Waals surface area contributed by atoms with Crippen molar-refractivity contribution in [2.24, 2.45) is 0 Å². The fourth-order valence-electron chi connectivity index (χ4n) is 2.81. The third-order valence-corrected chi connectivity index (χ3v) is 4.32. The molecule has 1 aliphatic rings. The second-order valence-corrected chi connectivity index (χ2v) is 6.02. The molecule has 2 aromatic rings. The number of carbonyl (C=O) groups is 1. The van der Waals surface area contributed by atoms with Gasteiger partial charge in [-0.1, -0.05) is 30.2 Å². The topological polar surface area (TPSA) is 59.8 Å². The molecule has 22 heavy (non-hydrogen) atoms. The van der Waals surface area contributed by atoms with Crippen LogP contribution in [0.2, 0.25) is 5.02 Å². The monoisotopic (exact) mass is 318 g/mol. The van der Waals surface area contributed by atoms with E-state index in [0.717, 1.165) is 37.5 Å². The number of nitrogens with zero attached hydrogens (tertiary/aromatic N) is 3. The molecule has 1 aliphatic heterocycles. The van der Waals surface area contributed by atoms with Gasteiger partial charge in [0, 0.05) is 13.0 Å². The molecular weight excluding hydrogens is 300 g/mol. The van der Waals surface area contributed by atoms with E-state index in [1.54, 1.807) is 24.3 Å². The molecule has 6 heteroatoms. The van der Waals surface area contributed by atoms with Crippen molar-refractivity contribution in [2.75, 3.05) is 0 Å². The Morgan fingerprint density at radius 1 is 1.27 bits per heavy atom. The summed E-state index contributed by atoms with van der Waals surface area (Å²) in [5.41, 5.74) is 0.478. The van der Waals surface area contributed by atoms with Crippen LogP contribution in [0.1, 0.15) is 54.2 Å². The summed E-state index contributed by atoms with van der Waals surface area (Å²) in [6, 6.07) is 6.83. The number of benzene rings is 1. The fraction of sp³-hybridized carbons (Fsp3) is 0.438. The third kappa shape index (κ3) is 2.99. The highest BCUT2D eigenvalue weighted by Gasteiger charge is 2.21. The first-order valence-corrected chi connectivity index (χ1v) is 8.02. The molecule has 1 amide bonds. The number of amides is 1. The molecule has 116 valence electrons. The Morgan fingerprint density at radius 3 is 2.91 bits per heavy atom. The Labute approximate surface area is 134 Å². The summed E-state index contributed by atoms with van der Waals surface area (Å²) >= 11 is 6.07. The van der Waals surface area contributed by atoms with Crippen LogP contribution in [0.4, 0.5) is 0 Å². The van der Waals surface area contributed by atoms with Gasteiger partial charge in [-0.15, -0.1) is 10.2 Å². The average molecular weight is 319 g/mol.